The van der Waals surface area contributed by atoms with Crippen LogP contribution in [0, 0.1) is 0 Å². The third kappa shape index (κ3) is 4.33. The fourth-order valence-electron chi connectivity index (χ4n) is 0.849. The Labute approximate surface area is 97.7 Å². The van der Waals surface area contributed by atoms with Crippen LogP contribution in [-0.2, 0) is 9.53 Å². The third-order valence-electron chi connectivity index (χ3n) is 2.84. The lowest BCUT2D eigenvalue weighted by atomic mass is 9.86. The Morgan fingerprint density at radius 1 is 1.38 bits per heavy atom. The monoisotopic (exact) mass is 229 g/mol. The molecule has 16 heavy (non-hydrogen) atoms. The normalized spacial score (nSPS) is 12.4. The highest BCUT2D eigenvalue weighted by atomic mass is 16.5. The lowest BCUT2D eigenvalue weighted by Gasteiger charge is -2.38. The van der Waals surface area contributed by atoms with E-state index in [2.05, 4.69) is 11.9 Å². The summed E-state index contributed by atoms with van der Waals surface area (Å²) in [5, 5.41) is 13.0. The first-order valence-electron chi connectivity index (χ1n) is 5.44. The van der Waals surface area contributed by atoms with E-state index in [-0.39, 0.29) is 0 Å². The topological polar surface area (TPSA) is 58.6 Å². The number of hydrogen-bond donors (Lipinski definition) is 2. The zero-order chi connectivity index (χ0) is 13.0. The zero-order valence-electron chi connectivity index (χ0n) is 10.9. The van der Waals surface area contributed by atoms with Crippen LogP contribution in [-0.4, -0.2) is 35.4 Å². The summed E-state index contributed by atoms with van der Waals surface area (Å²) in [5.41, 5.74) is -1.04. The number of hydrogen-bond acceptors (Lipinski definition) is 4. The minimum atomic E-state index is -0.887. The molecule has 0 aromatic heterocycles. The number of ether oxygens (including phenoxy) is 1. The van der Waals surface area contributed by atoms with Gasteiger partial charge in [0.25, 0.3) is 0 Å². The lowest BCUT2D eigenvalue weighted by molar-refractivity contribution is -0.138. The van der Waals surface area contributed by atoms with Crippen molar-refractivity contribution in [3.05, 3.63) is 12.2 Å². The van der Waals surface area contributed by atoms with Gasteiger partial charge in [0.15, 0.2) is 0 Å². The van der Waals surface area contributed by atoms with Gasteiger partial charge in [0.1, 0.15) is 0 Å². The summed E-state index contributed by atoms with van der Waals surface area (Å²) in [6.45, 7) is 13.2. The molecule has 0 saturated carbocycles. The summed E-state index contributed by atoms with van der Waals surface area (Å²) < 4.78 is 4.81. The van der Waals surface area contributed by atoms with E-state index in [9.17, 15) is 9.90 Å². The molecule has 0 radical (unpaired) electrons. The maximum Gasteiger partial charge on any atom is 0.334 e. The van der Waals surface area contributed by atoms with Crippen LogP contribution in [0.5, 0.6) is 0 Å². The molecule has 0 fully saturated rings. The molecule has 0 aliphatic carbocycles. The van der Waals surface area contributed by atoms with Gasteiger partial charge in [-0.05, 0) is 34.6 Å². The highest BCUT2D eigenvalue weighted by Crippen LogP contribution is 2.20. The SMILES string of the molecule is C=C(CNC(C)(C)C(C)(C)O)C(=O)OCC. The van der Waals surface area contributed by atoms with Crippen LogP contribution in [0.3, 0.4) is 0 Å². The first kappa shape index (κ1) is 15.1. The Kier molecular flexibility index (Phi) is 5.16. The van der Waals surface area contributed by atoms with Gasteiger partial charge >= 0.3 is 5.97 Å². The molecule has 0 aliphatic rings. The van der Waals surface area contributed by atoms with E-state index >= 15 is 0 Å². The molecule has 0 saturated heterocycles. The van der Waals surface area contributed by atoms with Crippen molar-refractivity contribution in [3.63, 3.8) is 0 Å². The molecule has 0 bridgehead atoms. The Morgan fingerprint density at radius 2 is 1.88 bits per heavy atom. The number of esters is 1. The average Bonchev–Trinajstić information content (AvgIpc) is 2.12. The second kappa shape index (κ2) is 5.46. The minimum absolute atomic E-state index is 0.301. The van der Waals surface area contributed by atoms with Crippen molar-refractivity contribution < 1.29 is 14.6 Å². The molecule has 0 aromatic rings. The Hall–Kier alpha value is -0.870. The van der Waals surface area contributed by atoms with E-state index in [0.717, 1.165) is 0 Å². The first-order valence-corrected chi connectivity index (χ1v) is 5.44. The molecule has 4 nitrogen and oxygen atoms in total. The highest BCUT2D eigenvalue weighted by Gasteiger charge is 2.34. The van der Waals surface area contributed by atoms with E-state index in [4.69, 9.17) is 4.74 Å². The molecule has 0 rings (SSSR count). The predicted molar refractivity (Wildman–Crippen MR) is 64.2 cm³/mol. The summed E-state index contributed by atoms with van der Waals surface area (Å²) in [6, 6.07) is 0. The van der Waals surface area contributed by atoms with Gasteiger partial charge in [0.2, 0.25) is 0 Å². The maximum atomic E-state index is 11.3. The van der Waals surface area contributed by atoms with Crippen LogP contribution in [0.1, 0.15) is 34.6 Å². The van der Waals surface area contributed by atoms with Crippen LogP contribution >= 0.6 is 0 Å². The average molecular weight is 229 g/mol. The number of carbonyl (C=O) groups is 1. The van der Waals surface area contributed by atoms with Crippen LogP contribution in [0.25, 0.3) is 0 Å². The summed E-state index contributed by atoms with van der Waals surface area (Å²) in [7, 11) is 0. The van der Waals surface area contributed by atoms with Gasteiger partial charge in [-0.15, -0.1) is 0 Å². The molecule has 0 atom stereocenters. The Morgan fingerprint density at radius 3 is 2.25 bits per heavy atom. The van der Waals surface area contributed by atoms with Crippen LogP contribution in [0.2, 0.25) is 0 Å². The quantitative estimate of drug-likeness (QED) is 0.531. The van der Waals surface area contributed by atoms with E-state index in [1.165, 1.54) is 0 Å². The van der Waals surface area contributed by atoms with Gasteiger partial charge in [-0.1, -0.05) is 6.58 Å². The van der Waals surface area contributed by atoms with Crippen LogP contribution < -0.4 is 5.32 Å². The van der Waals surface area contributed by atoms with Crippen molar-refractivity contribution in [3.8, 4) is 0 Å². The van der Waals surface area contributed by atoms with E-state index in [1.54, 1.807) is 20.8 Å². The van der Waals surface area contributed by atoms with Crippen molar-refractivity contribution in [1.29, 1.82) is 0 Å². The van der Waals surface area contributed by atoms with Crippen LogP contribution in [0.4, 0.5) is 0 Å². The van der Waals surface area contributed by atoms with Crippen molar-refractivity contribution in [2.45, 2.75) is 45.8 Å². The fourth-order valence-corrected chi connectivity index (χ4v) is 0.849. The zero-order valence-corrected chi connectivity index (χ0v) is 10.9. The summed E-state index contributed by atoms with van der Waals surface area (Å²) >= 11 is 0. The van der Waals surface area contributed by atoms with Crippen molar-refractivity contribution >= 4 is 5.97 Å². The highest BCUT2D eigenvalue weighted by molar-refractivity contribution is 5.88. The number of carbonyl (C=O) groups excluding carboxylic acids is 1. The van der Waals surface area contributed by atoms with Gasteiger partial charge in [0, 0.05) is 17.7 Å². The standard InChI is InChI=1S/C12H23NO3/c1-7-16-10(14)9(2)8-13-11(3,4)12(5,6)15/h13,15H,2,7-8H2,1,3-6H3. The Bertz CT molecular complexity index is 264. The molecular weight excluding hydrogens is 206 g/mol. The minimum Gasteiger partial charge on any atom is -0.463 e. The third-order valence-corrected chi connectivity index (χ3v) is 2.84. The summed E-state index contributed by atoms with van der Waals surface area (Å²) in [4.78, 5) is 11.3. The first-order chi connectivity index (χ1) is 7.12. The number of rotatable bonds is 6. The smallest absolute Gasteiger partial charge is 0.334 e. The van der Waals surface area contributed by atoms with Gasteiger partial charge in [-0.3, -0.25) is 0 Å². The second-order valence-electron chi connectivity index (χ2n) is 4.86. The molecule has 0 heterocycles. The predicted octanol–water partition coefficient (Wildman–Crippen LogP) is 1.24. The molecule has 0 aliphatic heterocycles. The Balaban J connectivity index is 4.26. The summed E-state index contributed by atoms with van der Waals surface area (Å²) in [5.74, 6) is -0.401. The molecular formula is C12H23NO3. The van der Waals surface area contributed by atoms with Crippen LogP contribution in [0.15, 0.2) is 12.2 Å². The van der Waals surface area contributed by atoms with Crippen molar-refractivity contribution in [2.75, 3.05) is 13.2 Å². The van der Waals surface area contributed by atoms with Gasteiger partial charge in [-0.2, -0.15) is 0 Å². The van der Waals surface area contributed by atoms with Crippen molar-refractivity contribution in [2.24, 2.45) is 0 Å². The van der Waals surface area contributed by atoms with E-state index < -0.39 is 17.1 Å². The van der Waals surface area contributed by atoms with Gasteiger partial charge in [-0.25, -0.2) is 4.79 Å². The maximum absolute atomic E-state index is 11.3. The van der Waals surface area contributed by atoms with E-state index in [0.29, 0.717) is 18.7 Å². The van der Waals surface area contributed by atoms with Gasteiger partial charge < -0.3 is 15.2 Å². The molecule has 2 N–H and O–H groups in total. The van der Waals surface area contributed by atoms with Gasteiger partial charge in [0.05, 0.1) is 12.2 Å². The lowest BCUT2D eigenvalue weighted by Crippen LogP contribution is -2.56. The molecule has 0 spiro atoms. The second-order valence-corrected chi connectivity index (χ2v) is 4.86. The summed E-state index contributed by atoms with van der Waals surface area (Å²) in [6.07, 6.45) is 0. The molecule has 0 amide bonds. The molecule has 4 heteroatoms. The largest absolute Gasteiger partial charge is 0.463 e. The number of nitrogens with one attached hydrogen (secondary N) is 1. The molecule has 0 unspecified atom stereocenters. The van der Waals surface area contributed by atoms with Crippen molar-refractivity contribution in [1.82, 2.24) is 5.32 Å². The molecule has 0 aromatic carbocycles. The fraction of sp³-hybridized carbons (Fsp3) is 0.750. The van der Waals surface area contributed by atoms with E-state index in [1.807, 2.05) is 13.8 Å². The molecule has 94 valence electrons. The number of aliphatic hydroxyl groups is 1.